The van der Waals surface area contributed by atoms with Crippen LogP contribution in [0.25, 0.3) is 0 Å². The molecule has 1 aromatic rings. The van der Waals surface area contributed by atoms with E-state index in [-0.39, 0.29) is 18.0 Å². The van der Waals surface area contributed by atoms with Gasteiger partial charge in [0.25, 0.3) is 5.91 Å². The SMILES string of the molecule is CC(C)CN(CC(F)(F)F)C(=O)c1ccc(N)cc1. The molecule has 0 aliphatic carbocycles. The summed E-state index contributed by atoms with van der Waals surface area (Å²) in [5, 5.41) is 0. The number of hydrogen-bond donors (Lipinski definition) is 1. The van der Waals surface area contributed by atoms with Gasteiger partial charge in [-0.25, -0.2) is 0 Å². The summed E-state index contributed by atoms with van der Waals surface area (Å²) in [6, 6.07) is 5.85. The number of nitrogen functional groups attached to an aromatic ring is 1. The van der Waals surface area contributed by atoms with E-state index < -0.39 is 18.6 Å². The molecule has 1 rings (SSSR count). The van der Waals surface area contributed by atoms with Gasteiger partial charge < -0.3 is 10.6 Å². The first-order valence-corrected chi connectivity index (χ1v) is 5.90. The van der Waals surface area contributed by atoms with E-state index in [0.717, 1.165) is 4.90 Å². The van der Waals surface area contributed by atoms with Gasteiger partial charge in [-0.3, -0.25) is 4.79 Å². The number of carbonyl (C=O) groups is 1. The Balaban J connectivity index is 2.90. The highest BCUT2D eigenvalue weighted by Crippen LogP contribution is 2.19. The fraction of sp³-hybridized carbons (Fsp3) is 0.462. The van der Waals surface area contributed by atoms with E-state index in [1.807, 2.05) is 0 Å². The zero-order chi connectivity index (χ0) is 14.6. The Hall–Kier alpha value is -1.72. The normalized spacial score (nSPS) is 11.7. The predicted molar refractivity (Wildman–Crippen MR) is 67.7 cm³/mol. The molecule has 0 bridgehead atoms. The smallest absolute Gasteiger partial charge is 0.399 e. The minimum atomic E-state index is -4.40. The minimum Gasteiger partial charge on any atom is -0.399 e. The van der Waals surface area contributed by atoms with Crippen molar-refractivity contribution in [1.29, 1.82) is 0 Å². The zero-order valence-corrected chi connectivity index (χ0v) is 10.9. The number of halogens is 3. The first kappa shape index (κ1) is 15.3. The van der Waals surface area contributed by atoms with Crippen LogP contribution < -0.4 is 5.73 Å². The molecule has 0 spiro atoms. The quantitative estimate of drug-likeness (QED) is 0.858. The summed E-state index contributed by atoms with van der Waals surface area (Å²) in [7, 11) is 0. The largest absolute Gasteiger partial charge is 0.406 e. The van der Waals surface area contributed by atoms with E-state index in [9.17, 15) is 18.0 Å². The molecule has 0 aliphatic heterocycles. The van der Waals surface area contributed by atoms with Gasteiger partial charge in [-0.05, 0) is 30.2 Å². The number of rotatable bonds is 4. The van der Waals surface area contributed by atoms with Crippen molar-refractivity contribution in [3.8, 4) is 0 Å². The van der Waals surface area contributed by atoms with Gasteiger partial charge >= 0.3 is 6.18 Å². The number of amides is 1. The lowest BCUT2D eigenvalue weighted by molar-refractivity contribution is -0.141. The van der Waals surface area contributed by atoms with E-state index in [4.69, 9.17) is 5.73 Å². The van der Waals surface area contributed by atoms with Gasteiger partial charge in [-0.15, -0.1) is 0 Å². The molecule has 2 N–H and O–H groups in total. The van der Waals surface area contributed by atoms with E-state index in [1.54, 1.807) is 13.8 Å². The maximum atomic E-state index is 12.5. The van der Waals surface area contributed by atoms with Gasteiger partial charge in [0.1, 0.15) is 6.54 Å². The van der Waals surface area contributed by atoms with Gasteiger partial charge in [0.2, 0.25) is 0 Å². The van der Waals surface area contributed by atoms with Gasteiger partial charge in [-0.1, -0.05) is 13.8 Å². The highest BCUT2D eigenvalue weighted by atomic mass is 19.4. The van der Waals surface area contributed by atoms with Gasteiger partial charge in [0.05, 0.1) is 0 Å². The van der Waals surface area contributed by atoms with Crippen LogP contribution in [0.1, 0.15) is 24.2 Å². The Morgan fingerprint density at radius 2 is 1.79 bits per heavy atom. The lowest BCUT2D eigenvalue weighted by Gasteiger charge is -2.25. The summed E-state index contributed by atoms with van der Waals surface area (Å²) in [4.78, 5) is 12.9. The first-order chi connectivity index (χ1) is 8.69. The average molecular weight is 274 g/mol. The lowest BCUT2D eigenvalue weighted by Crippen LogP contribution is -2.41. The highest BCUT2D eigenvalue weighted by molar-refractivity contribution is 5.94. The minimum absolute atomic E-state index is 0.0416. The summed E-state index contributed by atoms with van der Waals surface area (Å²) in [6.45, 7) is 2.34. The van der Waals surface area contributed by atoms with E-state index in [1.165, 1.54) is 24.3 Å². The van der Waals surface area contributed by atoms with Crippen LogP contribution in [-0.2, 0) is 0 Å². The summed E-state index contributed by atoms with van der Waals surface area (Å²) < 4.78 is 37.4. The second-order valence-corrected chi connectivity index (χ2v) is 4.82. The molecule has 0 radical (unpaired) electrons. The van der Waals surface area contributed by atoms with Crippen LogP contribution in [0, 0.1) is 5.92 Å². The predicted octanol–water partition coefficient (Wildman–Crippen LogP) is 2.93. The molecule has 6 heteroatoms. The Labute approximate surface area is 110 Å². The molecular formula is C13H17F3N2O. The standard InChI is InChI=1S/C13H17F3N2O/c1-9(2)7-18(8-13(14,15)16)12(19)10-3-5-11(17)6-4-10/h3-6,9H,7-8,17H2,1-2H3. The van der Waals surface area contributed by atoms with Crippen LogP contribution in [0.3, 0.4) is 0 Å². The van der Waals surface area contributed by atoms with Crippen LogP contribution in [0.15, 0.2) is 24.3 Å². The van der Waals surface area contributed by atoms with Crippen LogP contribution in [0.5, 0.6) is 0 Å². The lowest BCUT2D eigenvalue weighted by atomic mass is 10.1. The summed E-state index contributed by atoms with van der Waals surface area (Å²) in [5.74, 6) is -0.675. The molecule has 0 aliphatic rings. The monoisotopic (exact) mass is 274 g/mol. The van der Waals surface area contributed by atoms with E-state index in [0.29, 0.717) is 5.69 Å². The summed E-state index contributed by atoms with van der Waals surface area (Å²) in [6.07, 6.45) is -4.40. The molecule has 0 atom stereocenters. The van der Waals surface area contributed by atoms with Crippen molar-refractivity contribution >= 4 is 11.6 Å². The van der Waals surface area contributed by atoms with Crippen molar-refractivity contribution < 1.29 is 18.0 Å². The third-order valence-corrected chi connectivity index (χ3v) is 2.40. The molecular weight excluding hydrogens is 257 g/mol. The van der Waals surface area contributed by atoms with Crippen molar-refractivity contribution in [2.24, 2.45) is 5.92 Å². The molecule has 0 aromatic heterocycles. The first-order valence-electron chi connectivity index (χ1n) is 5.90. The Morgan fingerprint density at radius 1 is 1.26 bits per heavy atom. The molecule has 0 unspecified atom stereocenters. The van der Waals surface area contributed by atoms with Crippen LogP contribution in [-0.4, -0.2) is 30.1 Å². The Bertz CT molecular complexity index is 427. The van der Waals surface area contributed by atoms with Crippen molar-refractivity contribution in [2.45, 2.75) is 20.0 Å². The number of benzene rings is 1. The number of hydrogen-bond acceptors (Lipinski definition) is 2. The molecule has 106 valence electrons. The molecule has 0 fully saturated rings. The third-order valence-electron chi connectivity index (χ3n) is 2.40. The van der Waals surface area contributed by atoms with Crippen LogP contribution in [0.4, 0.5) is 18.9 Å². The number of nitrogens with two attached hydrogens (primary N) is 1. The number of alkyl halides is 3. The average Bonchev–Trinajstić information content (AvgIpc) is 2.25. The molecule has 1 aromatic carbocycles. The van der Waals surface area contributed by atoms with Gasteiger partial charge in [-0.2, -0.15) is 13.2 Å². The molecule has 19 heavy (non-hydrogen) atoms. The fourth-order valence-corrected chi connectivity index (χ4v) is 1.68. The van der Waals surface area contributed by atoms with Gasteiger partial charge in [0, 0.05) is 17.8 Å². The maximum absolute atomic E-state index is 12.5. The Kier molecular flexibility index (Phi) is 4.80. The molecule has 0 heterocycles. The van der Waals surface area contributed by atoms with Crippen molar-refractivity contribution in [3.63, 3.8) is 0 Å². The van der Waals surface area contributed by atoms with Crippen molar-refractivity contribution in [3.05, 3.63) is 29.8 Å². The highest BCUT2D eigenvalue weighted by Gasteiger charge is 2.33. The van der Waals surface area contributed by atoms with Gasteiger partial charge in [0.15, 0.2) is 0 Å². The Morgan fingerprint density at radius 3 is 2.21 bits per heavy atom. The fourth-order valence-electron chi connectivity index (χ4n) is 1.68. The number of anilines is 1. The number of carbonyl (C=O) groups excluding carboxylic acids is 1. The number of nitrogens with zero attached hydrogens (tertiary/aromatic N) is 1. The maximum Gasteiger partial charge on any atom is 0.406 e. The molecule has 0 saturated heterocycles. The van der Waals surface area contributed by atoms with Crippen LogP contribution in [0.2, 0.25) is 0 Å². The van der Waals surface area contributed by atoms with E-state index >= 15 is 0 Å². The van der Waals surface area contributed by atoms with Crippen molar-refractivity contribution in [2.75, 3.05) is 18.8 Å². The molecule has 3 nitrogen and oxygen atoms in total. The van der Waals surface area contributed by atoms with E-state index in [2.05, 4.69) is 0 Å². The second-order valence-electron chi connectivity index (χ2n) is 4.82. The van der Waals surface area contributed by atoms with Crippen LogP contribution >= 0.6 is 0 Å². The topological polar surface area (TPSA) is 46.3 Å². The molecule has 1 amide bonds. The zero-order valence-electron chi connectivity index (χ0n) is 10.9. The third kappa shape index (κ3) is 5.19. The second kappa shape index (κ2) is 5.95. The summed E-state index contributed by atoms with van der Waals surface area (Å²) in [5.41, 5.74) is 6.15. The van der Waals surface area contributed by atoms with Crippen molar-refractivity contribution in [1.82, 2.24) is 4.90 Å². The molecule has 0 saturated carbocycles. The summed E-state index contributed by atoms with van der Waals surface area (Å²) >= 11 is 0.